The highest BCUT2D eigenvalue weighted by Gasteiger charge is 2.16. The summed E-state index contributed by atoms with van der Waals surface area (Å²) in [6.07, 6.45) is 2.16. The van der Waals surface area contributed by atoms with Gasteiger partial charge < -0.3 is 4.42 Å². The Morgan fingerprint density at radius 3 is 2.56 bits per heavy atom. The normalized spacial score (nSPS) is 14.2. The van der Waals surface area contributed by atoms with E-state index in [1.807, 2.05) is 26.8 Å². The van der Waals surface area contributed by atoms with Crippen molar-refractivity contribution in [1.29, 1.82) is 0 Å². The molecule has 0 bridgehead atoms. The van der Waals surface area contributed by atoms with Gasteiger partial charge in [-0.25, -0.2) is 13.1 Å². The van der Waals surface area contributed by atoms with Crippen LogP contribution in [0.2, 0.25) is 0 Å². The van der Waals surface area contributed by atoms with E-state index in [0.717, 1.165) is 5.76 Å². The molecule has 0 saturated heterocycles. The third kappa shape index (κ3) is 4.81. The largest absolute Gasteiger partial charge is 0.469 e. The summed E-state index contributed by atoms with van der Waals surface area (Å²) in [5, 5.41) is 0. The number of nitrogens with one attached hydrogen (secondary N) is 1. The van der Waals surface area contributed by atoms with Crippen molar-refractivity contribution in [3.63, 3.8) is 0 Å². The second-order valence-electron chi connectivity index (χ2n) is 4.48. The van der Waals surface area contributed by atoms with Crippen LogP contribution in [0, 0.1) is 5.92 Å². The zero-order valence-electron chi connectivity index (χ0n) is 9.93. The van der Waals surface area contributed by atoms with Gasteiger partial charge in [-0.1, -0.05) is 13.8 Å². The van der Waals surface area contributed by atoms with E-state index in [0.29, 0.717) is 6.42 Å². The van der Waals surface area contributed by atoms with Gasteiger partial charge in [0.15, 0.2) is 0 Å². The van der Waals surface area contributed by atoms with Crippen molar-refractivity contribution in [3.8, 4) is 0 Å². The minimum Gasteiger partial charge on any atom is -0.469 e. The lowest BCUT2D eigenvalue weighted by Gasteiger charge is -2.14. The maximum Gasteiger partial charge on any atom is 0.212 e. The summed E-state index contributed by atoms with van der Waals surface area (Å²) in [5.41, 5.74) is 0. The Kier molecular flexibility index (Phi) is 4.56. The molecule has 0 aliphatic heterocycles. The number of hydrogen-bond donors (Lipinski definition) is 1. The Morgan fingerprint density at radius 2 is 2.06 bits per heavy atom. The quantitative estimate of drug-likeness (QED) is 0.831. The van der Waals surface area contributed by atoms with Crippen molar-refractivity contribution in [2.45, 2.75) is 33.2 Å². The maximum atomic E-state index is 11.6. The van der Waals surface area contributed by atoms with Crippen molar-refractivity contribution in [2.24, 2.45) is 5.92 Å². The first-order valence-corrected chi connectivity index (χ1v) is 7.06. The van der Waals surface area contributed by atoms with Crippen LogP contribution in [-0.4, -0.2) is 20.2 Å². The average molecular weight is 245 g/mol. The van der Waals surface area contributed by atoms with E-state index in [-0.39, 0.29) is 17.7 Å². The van der Waals surface area contributed by atoms with Crippen molar-refractivity contribution in [3.05, 3.63) is 24.2 Å². The predicted octanol–water partition coefficient (Wildman–Crippen LogP) is 1.79. The lowest BCUT2D eigenvalue weighted by atomic mass is 10.2. The Balaban J connectivity index is 2.48. The van der Waals surface area contributed by atoms with E-state index in [1.54, 1.807) is 12.3 Å². The van der Waals surface area contributed by atoms with Gasteiger partial charge in [0.05, 0.1) is 12.0 Å². The molecule has 4 nitrogen and oxygen atoms in total. The van der Waals surface area contributed by atoms with Crippen molar-refractivity contribution >= 4 is 10.0 Å². The van der Waals surface area contributed by atoms with Crippen LogP contribution in [0.15, 0.2) is 22.8 Å². The van der Waals surface area contributed by atoms with Crippen LogP contribution in [-0.2, 0) is 16.4 Å². The topological polar surface area (TPSA) is 59.3 Å². The van der Waals surface area contributed by atoms with E-state index < -0.39 is 10.0 Å². The molecule has 1 heterocycles. The molecule has 0 aliphatic carbocycles. The second kappa shape index (κ2) is 5.50. The van der Waals surface area contributed by atoms with Crippen LogP contribution in [0.4, 0.5) is 0 Å². The number of hydrogen-bond acceptors (Lipinski definition) is 3. The Bertz CT molecular complexity index is 395. The summed E-state index contributed by atoms with van der Waals surface area (Å²) < 4.78 is 31.1. The van der Waals surface area contributed by atoms with E-state index in [1.165, 1.54) is 0 Å². The molecule has 0 aromatic carbocycles. The highest BCUT2D eigenvalue weighted by atomic mass is 32.2. The van der Waals surface area contributed by atoms with Gasteiger partial charge in [0, 0.05) is 12.5 Å². The molecule has 0 radical (unpaired) electrons. The van der Waals surface area contributed by atoms with Crippen LogP contribution in [0.1, 0.15) is 26.5 Å². The Hall–Kier alpha value is -0.810. The minimum atomic E-state index is -3.17. The fraction of sp³-hybridized carbons (Fsp3) is 0.636. The molecule has 92 valence electrons. The molecule has 5 heteroatoms. The summed E-state index contributed by atoms with van der Waals surface area (Å²) >= 11 is 0. The highest BCUT2D eigenvalue weighted by Crippen LogP contribution is 2.06. The molecule has 1 N–H and O–H groups in total. The van der Waals surface area contributed by atoms with Gasteiger partial charge >= 0.3 is 0 Å². The monoisotopic (exact) mass is 245 g/mol. The molecule has 1 aromatic heterocycles. The van der Waals surface area contributed by atoms with Crippen LogP contribution in [0.25, 0.3) is 0 Å². The third-order valence-corrected chi connectivity index (χ3v) is 3.89. The van der Waals surface area contributed by atoms with E-state index in [2.05, 4.69) is 4.72 Å². The summed E-state index contributed by atoms with van der Waals surface area (Å²) in [7, 11) is -3.17. The molecule has 0 aliphatic rings. The summed E-state index contributed by atoms with van der Waals surface area (Å²) in [5.74, 6) is 1.09. The standard InChI is InChI=1S/C11H19NO3S/c1-9(2)8-16(13,14)12-10(3)7-11-5-4-6-15-11/h4-6,9-10,12H,7-8H2,1-3H3. The van der Waals surface area contributed by atoms with Crippen molar-refractivity contribution in [1.82, 2.24) is 4.72 Å². The second-order valence-corrected chi connectivity index (χ2v) is 6.28. The van der Waals surface area contributed by atoms with Gasteiger partial charge in [0.25, 0.3) is 0 Å². The van der Waals surface area contributed by atoms with Gasteiger partial charge in [-0.3, -0.25) is 0 Å². The Morgan fingerprint density at radius 1 is 1.38 bits per heavy atom. The first kappa shape index (κ1) is 13.3. The summed E-state index contributed by atoms with van der Waals surface area (Å²) in [4.78, 5) is 0. The van der Waals surface area contributed by atoms with Crippen LogP contribution in [0.3, 0.4) is 0 Å². The molecule has 16 heavy (non-hydrogen) atoms. The first-order valence-electron chi connectivity index (χ1n) is 5.41. The Labute approximate surface area is 97.1 Å². The third-order valence-electron chi connectivity index (χ3n) is 2.02. The smallest absolute Gasteiger partial charge is 0.212 e. The van der Waals surface area contributed by atoms with E-state index in [9.17, 15) is 8.42 Å². The molecular formula is C11H19NO3S. The molecular weight excluding hydrogens is 226 g/mol. The molecule has 0 fully saturated rings. The van der Waals surface area contributed by atoms with Crippen molar-refractivity contribution < 1.29 is 12.8 Å². The van der Waals surface area contributed by atoms with Gasteiger partial charge in [-0.2, -0.15) is 0 Å². The number of sulfonamides is 1. The van der Waals surface area contributed by atoms with E-state index in [4.69, 9.17) is 4.42 Å². The van der Waals surface area contributed by atoms with Crippen molar-refractivity contribution in [2.75, 3.05) is 5.75 Å². The van der Waals surface area contributed by atoms with Gasteiger partial charge in [-0.15, -0.1) is 0 Å². The fourth-order valence-electron chi connectivity index (χ4n) is 1.57. The summed E-state index contributed by atoms with van der Waals surface area (Å²) in [6.45, 7) is 5.60. The zero-order chi connectivity index (χ0) is 12.2. The molecule has 1 aromatic rings. The molecule has 0 saturated carbocycles. The lowest BCUT2D eigenvalue weighted by Crippen LogP contribution is -2.36. The van der Waals surface area contributed by atoms with Crippen LogP contribution < -0.4 is 4.72 Å². The SMILES string of the molecule is CC(C)CS(=O)(=O)NC(C)Cc1ccco1. The number of rotatable bonds is 6. The number of furan rings is 1. The molecule has 1 atom stereocenters. The molecule has 1 unspecified atom stereocenters. The van der Waals surface area contributed by atoms with Crippen LogP contribution >= 0.6 is 0 Å². The molecule has 1 rings (SSSR count). The lowest BCUT2D eigenvalue weighted by molar-refractivity contribution is 0.478. The van der Waals surface area contributed by atoms with Crippen LogP contribution in [0.5, 0.6) is 0 Å². The molecule has 0 amide bonds. The fourth-order valence-corrected chi connectivity index (χ4v) is 3.24. The predicted molar refractivity (Wildman–Crippen MR) is 63.6 cm³/mol. The van der Waals surface area contributed by atoms with Gasteiger partial charge in [-0.05, 0) is 25.0 Å². The van der Waals surface area contributed by atoms with Gasteiger partial charge in [0.1, 0.15) is 5.76 Å². The summed E-state index contributed by atoms with van der Waals surface area (Å²) in [6, 6.07) is 3.49. The van der Waals surface area contributed by atoms with Gasteiger partial charge in [0.2, 0.25) is 10.0 Å². The first-order chi connectivity index (χ1) is 7.39. The minimum absolute atomic E-state index is 0.133. The molecule has 0 spiro atoms. The highest BCUT2D eigenvalue weighted by molar-refractivity contribution is 7.89. The zero-order valence-corrected chi connectivity index (χ0v) is 10.8. The van der Waals surface area contributed by atoms with E-state index >= 15 is 0 Å². The maximum absolute atomic E-state index is 11.6. The average Bonchev–Trinajstić information content (AvgIpc) is 2.51.